The monoisotopic (exact) mass is 352 g/mol. The van der Waals surface area contributed by atoms with Crippen LogP contribution in [0.25, 0.3) is 0 Å². The molecule has 7 heteroatoms. The number of urea groups is 1. The van der Waals surface area contributed by atoms with Crippen molar-refractivity contribution in [1.29, 1.82) is 0 Å². The fraction of sp³-hybridized carbons (Fsp3) is 0.667. The van der Waals surface area contributed by atoms with Gasteiger partial charge in [0.2, 0.25) is 0 Å². The standard InChI is InChI=1S/C18H28N2O5/c1-12(2)10-24-11-15(16-5-4-6-25-16)19-18(23)20-8-13(3)7-14(9-20)17(21)22/h4-6,12-15H,7-11H2,1-3H3,(H,19,23)(H,21,22). The maximum absolute atomic E-state index is 12.6. The number of carbonyl (C=O) groups excluding carboxylic acids is 1. The van der Waals surface area contributed by atoms with Gasteiger partial charge in [-0.2, -0.15) is 0 Å². The summed E-state index contributed by atoms with van der Waals surface area (Å²) < 4.78 is 11.1. The molecule has 0 bridgehead atoms. The molecule has 2 N–H and O–H groups in total. The number of rotatable bonds is 7. The zero-order valence-electron chi connectivity index (χ0n) is 15.1. The van der Waals surface area contributed by atoms with Crippen LogP contribution in [-0.4, -0.2) is 48.3 Å². The van der Waals surface area contributed by atoms with E-state index in [9.17, 15) is 14.7 Å². The van der Waals surface area contributed by atoms with Gasteiger partial charge >= 0.3 is 12.0 Å². The highest BCUT2D eigenvalue weighted by atomic mass is 16.5. The summed E-state index contributed by atoms with van der Waals surface area (Å²) in [6.07, 6.45) is 2.15. The number of carboxylic acids is 1. The number of furan rings is 1. The Morgan fingerprint density at radius 3 is 2.76 bits per heavy atom. The first kappa shape index (κ1) is 19.3. The van der Waals surface area contributed by atoms with E-state index in [4.69, 9.17) is 9.15 Å². The van der Waals surface area contributed by atoms with E-state index < -0.39 is 17.9 Å². The Kier molecular flexibility index (Phi) is 6.87. The Morgan fingerprint density at radius 2 is 2.16 bits per heavy atom. The van der Waals surface area contributed by atoms with E-state index in [1.54, 1.807) is 23.3 Å². The Labute approximate surface area is 148 Å². The van der Waals surface area contributed by atoms with Gasteiger partial charge in [0.1, 0.15) is 11.8 Å². The topological polar surface area (TPSA) is 92.0 Å². The molecular weight excluding hydrogens is 324 g/mol. The minimum atomic E-state index is -0.854. The molecule has 1 aromatic heterocycles. The average Bonchev–Trinajstić information content (AvgIpc) is 3.07. The lowest BCUT2D eigenvalue weighted by Crippen LogP contribution is -2.50. The molecular formula is C18H28N2O5. The molecule has 2 amide bonds. The summed E-state index contributed by atoms with van der Waals surface area (Å²) in [5.41, 5.74) is 0. The molecule has 2 rings (SSSR count). The van der Waals surface area contributed by atoms with Gasteiger partial charge < -0.3 is 24.5 Å². The Hall–Kier alpha value is -2.02. The Morgan fingerprint density at radius 1 is 1.40 bits per heavy atom. The fourth-order valence-electron chi connectivity index (χ4n) is 3.04. The number of piperidine rings is 1. The largest absolute Gasteiger partial charge is 0.481 e. The number of carboxylic acid groups (broad SMARTS) is 1. The first-order valence-corrected chi connectivity index (χ1v) is 8.76. The van der Waals surface area contributed by atoms with Crippen LogP contribution in [0.15, 0.2) is 22.8 Å². The molecule has 0 radical (unpaired) electrons. The number of aliphatic carboxylic acids is 1. The molecule has 0 aromatic carbocycles. The molecule has 0 aliphatic carbocycles. The number of amides is 2. The van der Waals surface area contributed by atoms with E-state index in [0.717, 1.165) is 0 Å². The summed E-state index contributed by atoms with van der Waals surface area (Å²) in [6.45, 7) is 7.75. The quantitative estimate of drug-likeness (QED) is 0.787. The summed E-state index contributed by atoms with van der Waals surface area (Å²) in [5, 5.41) is 12.2. The zero-order valence-corrected chi connectivity index (χ0v) is 15.1. The molecule has 2 heterocycles. The van der Waals surface area contributed by atoms with Crippen LogP contribution >= 0.6 is 0 Å². The lowest BCUT2D eigenvalue weighted by atomic mass is 9.91. The third kappa shape index (κ3) is 5.77. The lowest BCUT2D eigenvalue weighted by Gasteiger charge is -2.35. The number of likely N-dealkylation sites (tertiary alicyclic amines) is 1. The maximum Gasteiger partial charge on any atom is 0.318 e. The molecule has 1 aromatic rings. The van der Waals surface area contributed by atoms with Crippen molar-refractivity contribution in [2.45, 2.75) is 33.2 Å². The summed E-state index contributed by atoms with van der Waals surface area (Å²) >= 11 is 0. The van der Waals surface area contributed by atoms with Gasteiger partial charge in [0.05, 0.1) is 18.8 Å². The Balaban J connectivity index is 1.99. The summed E-state index contributed by atoms with van der Waals surface area (Å²) in [5.74, 6) is -0.204. The van der Waals surface area contributed by atoms with Crippen molar-refractivity contribution in [2.24, 2.45) is 17.8 Å². The minimum Gasteiger partial charge on any atom is -0.481 e. The molecule has 0 saturated carbocycles. The predicted octanol–water partition coefficient (Wildman–Crippen LogP) is 2.75. The van der Waals surface area contributed by atoms with Crippen LogP contribution in [0.5, 0.6) is 0 Å². The molecule has 3 unspecified atom stereocenters. The maximum atomic E-state index is 12.6. The van der Waals surface area contributed by atoms with Crippen LogP contribution in [0, 0.1) is 17.8 Å². The number of hydrogen-bond acceptors (Lipinski definition) is 4. The van der Waals surface area contributed by atoms with E-state index in [0.29, 0.717) is 37.9 Å². The van der Waals surface area contributed by atoms with Crippen molar-refractivity contribution < 1.29 is 23.8 Å². The van der Waals surface area contributed by atoms with Crippen LogP contribution < -0.4 is 5.32 Å². The van der Waals surface area contributed by atoms with Crippen molar-refractivity contribution in [1.82, 2.24) is 10.2 Å². The van der Waals surface area contributed by atoms with Crippen molar-refractivity contribution in [3.05, 3.63) is 24.2 Å². The van der Waals surface area contributed by atoms with Crippen molar-refractivity contribution in [3.63, 3.8) is 0 Å². The molecule has 7 nitrogen and oxygen atoms in total. The first-order valence-electron chi connectivity index (χ1n) is 8.76. The fourth-order valence-corrected chi connectivity index (χ4v) is 3.04. The van der Waals surface area contributed by atoms with E-state index in [-0.39, 0.29) is 18.5 Å². The summed E-state index contributed by atoms with van der Waals surface area (Å²) in [7, 11) is 0. The van der Waals surface area contributed by atoms with E-state index in [2.05, 4.69) is 19.2 Å². The normalized spacial score (nSPS) is 22.0. The molecule has 1 saturated heterocycles. The van der Waals surface area contributed by atoms with E-state index in [1.807, 2.05) is 6.92 Å². The second-order valence-corrected chi connectivity index (χ2v) is 7.23. The molecule has 140 valence electrons. The van der Waals surface area contributed by atoms with E-state index >= 15 is 0 Å². The summed E-state index contributed by atoms with van der Waals surface area (Å²) in [6, 6.07) is 2.87. The SMILES string of the molecule is CC(C)COCC(NC(=O)N1CC(C)CC(C(=O)O)C1)c1ccco1. The molecule has 1 aliphatic rings. The third-order valence-corrected chi connectivity index (χ3v) is 4.22. The highest BCUT2D eigenvalue weighted by Crippen LogP contribution is 2.23. The number of carbonyl (C=O) groups is 2. The smallest absolute Gasteiger partial charge is 0.318 e. The second-order valence-electron chi connectivity index (χ2n) is 7.23. The zero-order chi connectivity index (χ0) is 18.4. The van der Waals surface area contributed by atoms with Gasteiger partial charge in [-0.05, 0) is 30.4 Å². The van der Waals surface area contributed by atoms with Crippen molar-refractivity contribution in [3.8, 4) is 0 Å². The minimum absolute atomic E-state index is 0.153. The second kappa shape index (κ2) is 8.89. The predicted molar refractivity (Wildman–Crippen MR) is 92.1 cm³/mol. The van der Waals surface area contributed by atoms with Gasteiger partial charge in [-0.1, -0.05) is 20.8 Å². The Bertz CT molecular complexity index is 558. The summed E-state index contributed by atoms with van der Waals surface area (Å²) in [4.78, 5) is 25.5. The van der Waals surface area contributed by atoms with Gasteiger partial charge in [0.25, 0.3) is 0 Å². The van der Waals surface area contributed by atoms with Crippen LogP contribution in [0.1, 0.15) is 39.0 Å². The lowest BCUT2D eigenvalue weighted by molar-refractivity contribution is -0.143. The molecule has 25 heavy (non-hydrogen) atoms. The average molecular weight is 352 g/mol. The number of ether oxygens (including phenoxy) is 1. The van der Waals surface area contributed by atoms with Crippen LogP contribution in [-0.2, 0) is 9.53 Å². The highest BCUT2D eigenvalue weighted by molar-refractivity contribution is 5.77. The number of nitrogens with zero attached hydrogens (tertiary/aromatic N) is 1. The molecule has 0 spiro atoms. The molecule has 3 atom stereocenters. The van der Waals surface area contributed by atoms with Gasteiger partial charge in [-0.25, -0.2) is 4.79 Å². The highest BCUT2D eigenvalue weighted by Gasteiger charge is 2.33. The van der Waals surface area contributed by atoms with Gasteiger partial charge in [0.15, 0.2) is 0 Å². The van der Waals surface area contributed by atoms with E-state index in [1.165, 1.54) is 0 Å². The van der Waals surface area contributed by atoms with Crippen LogP contribution in [0.4, 0.5) is 4.79 Å². The van der Waals surface area contributed by atoms with Gasteiger partial charge in [-0.15, -0.1) is 0 Å². The van der Waals surface area contributed by atoms with Crippen LogP contribution in [0.3, 0.4) is 0 Å². The van der Waals surface area contributed by atoms with Crippen LogP contribution in [0.2, 0.25) is 0 Å². The third-order valence-electron chi connectivity index (χ3n) is 4.22. The molecule has 1 fully saturated rings. The van der Waals surface area contributed by atoms with Crippen molar-refractivity contribution in [2.75, 3.05) is 26.3 Å². The number of hydrogen-bond donors (Lipinski definition) is 2. The first-order chi connectivity index (χ1) is 11.9. The molecule has 1 aliphatic heterocycles. The number of nitrogens with one attached hydrogen (secondary N) is 1. The van der Waals surface area contributed by atoms with Gasteiger partial charge in [0, 0.05) is 19.7 Å². The van der Waals surface area contributed by atoms with Crippen molar-refractivity contribution >= 4 is 12.0 Å². The van der Waals surface area contributed by atoms with Gasteiger partial charge in [-0.3, -0.25) is 4.79 Å².